The van der Waals surface area contributed by atoms with Crippen LogP contribution in [-0.2, 0) is 0 Å². The van der Waals surface area contributed by atoms with Crippen molar-refractivity contribution < 1.29 is 9.47 Å². The molecule has 0 radical (unpaired) electrons. The largest absolute Gasteiger partial charge is 0.495 e. The second-order valence-corrected chi connectivity index (χ2v) is 8.05. The molecule has 6 heteroatoms. The standard InChI is InChI=1S/C23H26N4O2/c1-15-24-12-21(16-5-6-18-4-3-9-27(18)13-16)23(26-15)29-14-17-10-20(17)22-8-7-19(28-2)11-25-22/h5-8,11-12,17,20H,3-4,9-10,13-14H2,1-2H3/t17-,20+/m1/s1. The molecule has 0 aromatic carbocycles. The van der Waals surface area contributed by atoms with Gasteiger partial charge >= 0.3 is 0 Å². The van der Waals surface area contributed by atoms with E-state index in [1.807, 2.05) is 19.2 Å². The van der Waals surface area contributed by atoms with Crippen LogP contribution >= 0.6 is 0 Å². The first-order chi connectivity index (χ1) is 14.2. The highest BCUT2D eigenvalue weighted by molar-refractivity contribution is 5.72. The van der Waals surface area contributed by atoms with Crippen LogP contribution in [0.2, 0.25) is 0 Å². The van der Waals surface area contributed by atoms with Crippen LogP contribution in [0.5, 0.6) is 11.6 Å². The van der Waals surface area contributed by atoms with Crippen LogP contribution in [0.15, 0.2) is 42.4 Å². The number of methoxy groups -OCH3 is 1. The SMILES string of the molecule is COc1ccc([C@H]2C[C@@H]2COc2nc(C)ncc2C2=CC=C3CCCN3C2)nc1. The van der Waals surface area contributed by atoms with E-state index >= 15 is 0 Å². The summed E-state index contributed by atoms with van der Waals surface area (Å²) in [4.78, 5) is 16.0. The molecule has 2 aliphatic heterocycles. The van der Waals surface area contributed by atoms with Crippen molar-refractivity contribution >= 4 is 5.57 Å². The molecule has 0 bridgehead atoms. The van der Waals surface area contributed by atoms with E-state index in [-0.39, 0.29) is 0 Å². The Bertz CT molecular complexity index is 967. The van der Waals surface area contributed by atoms with Crippen molar-refractivity contribution in [3.8, 4) is 11.6 Å². The third kappa shape index (κ3) is 3.71. The van der Waals surface area contributed by atoms with Crippen molar-refractivity contribution in [3.63, 3.8) is 0 Å². The van der Waals surface area contributed by atoms with Gasteiger partial charge in [-0.25, -0.2) is 4.98 Å². The minimum atomic E-state index is 0.455. The van der Waals surface area contributed by atoms with Gasteiger partial charge in [-0.1, -0.05) is 6.08 Å². The third-order valence-corrected chi connectivity index (χ3v) is 6.06. The van der Waals surface area contributed by atoms with Gasteiger partial charge < -0.3 is 14.4 Å². The molecule has 2 aromatic rings. The Kier molecular flexibility index (Phi) is 4.70. The van der Waals surface area contributed by atoms with Crippen LogP contribution in [0.25, 0.3) is 5.57 Å². The number of ether oxygens (including phenoxy) is 2. The van der Waals surface area contributed by atoms with Crippen molar-refractivity contribution in [1.82, 2.24) is 19.9 Å². The molecule has 1 saturated heterocycles. The highest BCUT2D eigenvalue weighted by atomic mass is 16.5. The van der Waals surface area contributed by atoms with Gasteiger partial charge in [0.2, 0.25) is 5.88 Å². The number of nitrogens with zero attached hydrogens (tertiary/aromatic N) is 4. The molecule has 150 valence electrons. The number of allylic oxidation sites excluding steroid dienone is 3. The molecule has 29 heavy (non-hydrogen) atoms. The molecule has 1 aliphatic carbocycles. The Morgan fingerprint density at radius 1 is 1.17 bits per heavy atom. The lowest BCUT2D eigenvalue weighted by Crippen LogP contribution is -2.23. The fourth-order valence-corrected chi connectivity index (χ4v) is 4.24. The van der Waals surface area contributed by atoms with Crippen molar-refractivity contribution in [3.05, 3.63) is 59.5 Å². The average molecular weight is 390 g/mol. The maximum atomic E-state index is 6.22. The first-order valence-corrected chi connectivity index (χ1v) is 10.3. The van der Waals surface area contributed by atoms with E-state index in [4.69, 9.17) is 9.47 Å². The van der Waals surface area contributed by atoms with Crippen molar-refractivity contribution in [2.45, 2.75) is 32.1 Å². The quantitative estimate of drug-likeness (QED) is 0.749. The van der Waals surface area contributed by atoms with Gasteiger partial charge in [0, 0.05) is 42.5 Å². The third-order valence-electron chi connectivity index (χ3n) is 6.06. The van der Waals surface area contributed by atoms with Gasteiger partial charge in [-0.05, 0) is 50.0 Å². The number of hydrogen-bond donors (Lipinski definition) is 0. The molecule has 2 atom stereocenters. The van der Waals surface area contributed by atoms with E-state index in [0.717, 1.165) is 42.3 Å². The van der Waals surface area contributed by atoms with E-state index in [1.54, 1.807) is 13.3 Å². The fraction of sp³-hybridized carbons (Fsp3) is 0.435. The summed E-state index contributed by atoms with van der Waals surface area (Å²) in [6.07, 6.45) is 11.7. The molecule has 3 aliphatic rings. The van der Waals surface area contributed by atoms with Gasteiger partial charge in [0.25, 0.3) is 0 Å². The Labute approximate surface area is 171 Å². The fourth-order valence-electron chi connectivity index (χ4n) is 4.24. The Morgan fingerprint density at radius 2 is 2.10 bits per heavy atom. The highest BCUT2D eigenvalue weighted by Gasteiger charge is 2.40. The summed E-state index contributed by atoms with van der Waals surface area (Å²) in [6, 6.07) is 4.02. The number of pyridine rings is 1. The highest BCUT2D eigenvalue weighted by Crippen LogP contribution is 2.47. The minimum absolute atomic E-state index is 0.455. The van der Waals surface area contributed by atoms with Gasteiger partial charge in [0.1, 0.15) is 11.6 Å². The second kappa shape index (κ2) is 7.50. The van der Waals surface area contributed by atoms with Crippen LogP contribution in [0.4, 0.5) is 0 Å². The Morgan fingerprint density at radius 3 is 2.93 bits per heavy atom. The predicted octanol–water partition coefficient (Wildman–Crippen LogP) is 3.75. The first-order valence-electron chi connectivity index (χ1n) is 10.3. The van der Waals surface area contributed by atoms with Gasteiger partial charge in [0.15, 0.2) is 0 Å². The molecule has 0 unspecified atom stereocenters. The summed E-state index contributed by atoms with van der Waals surface area (Å²) in [5, 5.41) is 0. The maximum absolute atomic E-state index is 6.22. The zero-order valence-corrected chi connectivity index (χ0v) is 17.0. The monoisotopic (exact) mass is 390 g/mol. The number of rotatable bonds is 6. The topological polar surface area (TPSA) is 60.4 Å². The van der Waals surface area contributed by atoms with Gasteiger partial charge in [-0.15, -0.1) is 0 Å². The van der Waals surface area contributed by atoms with Crippen LogP contribution in [0.1, 0.15) is 42.3 Å². The predicted molar refractivity (Wildman–Crippen MR) is 111 cm³/mol. The van der Waals surface area contributed by atoms with Crippen LogP contribution < -0.4 is 9.47 Å². The molecule has 5 rings (SSSR count). The smallest absolute Gasteiger partial charge is 0.224 e. The summed E-state index contributed by atoms with van der Waals surface area (Å²) >= 11 is 0. The maximum Gasteiger partial charge on any atom is 0.224 e. The van der Waals surface area contributed by atoms with Crippen molar-refractivity contribution in [2.75, 3.05) is 26.8 Å². The van der Waals surface area contributed by atoms with Gasteiger partial charge in [-0.2, -0.15) is 4.98 Å². The number of hydrogen-bond acceptors (Lipinski definition) is 6. The zero-order valence-electron chi connectivity index (χ0n) is 17.0. The van der Waals surface area contributed by atoms with E-state index < -0.39 is 0 Å². The zero-order chi connectivity index (χ0) is 19.8. The number of aryl methyl sites for hydroxylation is 1. The molecule has 0 amide bonds. The van der Waals surface area contributed by atoms with E-state index in [9.17, 15) is 0 Å². The average Bonchev–Trinajstić information content (AvgIpc) is 3.38. The van der Waals surface area contributed by atoms with Crippen molar-refractivity contribution in [1.29, 1.82) is 0 Å². The molecule has 2 aromatic heterocycles. The van der Waals surface area contributed by atoms with Crippen molar-refractivity contribution in [2.24, 2.45) is 5.92 Å². The Hall–Kier alpha value is -2.89. The number of aromatic nitrogens is 3. The summed E-state index contributed by atoms with van der Waals surface area (Å²) in [6.45, 7) is 4.60. The van der Waals surface area contributed by atoms with E-state index in [2.05, 4.69) is 38.1 Å². The first kappa shape index (κ1) is 18.2. The van der Waals surface area contributed by atoms with E-state index in [0.29, 0.717) is 24.3 Å². The molecular formula is C23H26N4O2. The summed E-state index contributed by atoms with van der Waals surface area (Å²) in [5.74, 6) is 3.16. The lowest BCUT2D eigenvalue weighted by molar-refractivity contribution is 0.283. The van der Waals surface area contributed by atoms with E-state index in [1.165, 1.54) is 24.1 Å². The molecule has 0 spiro atoms. The summed E-state index contributed by atoms with van der Waals surface area (Å²) < 4.78 is 11.4. The molecule has 4 heterocycles. The summed E-state index contributed by atoms with van der Waals surface area (Å²) in [7, 11) is 1.66. The number of fused-ring (bicyclic) bond motifs is 1. The Balaban J connectivity index is 1.28. The lowest BCUT2D eigenvalue weighted by atomic mass is 10.0. The second-order valence-electron chi connectivity index (χ2n) is 8.05. The molecule has 6 nitrogen and oxygen atoms in total. The van der Waals surface area contributed by atoms with Gasteiger partial charge in [0.05, 0.1) is 25.5 Å². The van der Waals surface area contributed by atoms with Crippen LogP contribution in [0.3, 0.4) is 0 Å². The van der Waals surface area contributed by atoms with Crippen LogP contribution in [0, 0.1) is 12.8 Å². The summed E-state index contributed by atoms with van der Waals surface area (Å²) in [5.41, 5.74) is 4.80. The normalized spacial score (nSPS) is 22.6. The molecular weight excluding hydrogens is 364 g/mol. The molecule has 2 fully saturated rings. The lowest BCUT2D eigenvalue weighted by Gasteiger charge is -2.25. The minimum Gasteiger partial charge on any atom is -0.495 e. The van der Waals surface area contributed by atoms with Crippen LogP contribution in [-0.4, -0.2) is 46.7 Å². The molecule has 0 N–H and O–H groups in total. The van der Waals surface area contributed by atoms with Gasteiger partial charge in [-0.3, -0.25) is 4.98 Å². The molecule has 1 saturated carbocycles.